The highest BCUT2D eigenvalue weighted by atomic mass is 35.5. The molecule has 2 N–H and O–H groups in total. The molecule has 0 radical (unpaired) electrons. The first-order chi connectivity index (χ1) is 16.6. The molecule has 0 aliphatic heterocycles. The molecule has 0 bridgehead atoms. The Balaban J connectivity index is 0.000000360. The second kappa shape index (κ2) is 13.9. The molecule has 0 aromatic heterocycles. The van der Waals surface area contributed by atoms with E-state index in [-0.39, 0.29) is 5.54 Å². The molecule has 0 amide bonds. The minimum atomic E-state index is -0.207. The summed E-state index contributed by atoms with van der Waals surface area (Å²) in [5.41, 5.74) is 9.78. The summed E-state index contributed by atoms with van der Waals surface area (Å²) >= 11 is 6.09. The van der Waals surface area contributed by atoms with Crippen LogP contribution in [0.1, 0.15) is 36.1 Å². The number of nitriles is 1. The van der Waals surface area contributed by atoms with Gasteiger partial charge in [-0.15, -0.1) is 0 Å². The van der Waals surface area contributed by atoms with Crippen LogP contribution in [0.5, 0.6) is 5.75 Å². The highest BCUT2D eigenvalue weighted by Gasteiger charge is 2.12. The van der Waals surface area contributed by atoms with Gasteiger partial charge in [-0.2, -0.15) is 5.26 Å². The predicted octanol–water partition coefficient (Wildman–Crippen LogP) is 5.66. The van der Waals surface area contributed by atoms with Gasteiger partial charge in [0.05, 0.1) is 11.6 Å². The molecule has 3 aromatic rings. The minimum absolute atomic E-state index is 0.207. The third-order valence-corrected chi connectivity index (χ3v) is 5.53. The van der Waals surface area contributed by atoms with Gasteiger partial charge in [0.15, 0.2) is 0 Å². The summed E-state index contributed by atoms with van der Waals surface area (Å²) in [5, 5.41) is 9.56. The van der Waals surface area contributed by atoms with Crippen molar-refractivity contribution in [1.29, 1.82) is 5.26 Å². The first-order valence-electron chi connectivity index (χ1n) is 11.7. The zero-order chi connectivity index (χ0) is 25.8. The van der Waals surface area contributed by atoms with E-state index >= 15 is 0 Å². The maximum Gasteiger partial charge on any atom is 0.123 e. The van der Waals surface area contributed by atoms with E-state index in [1.165, 1.54) is 11.1 Å². The number of ether oxygens (including phenoxy) is 1. The molecule has 0 spiro atoms. The molecule has 6 heteroatoms. The number of hydrogen-bond donors (Lipinski definition) is 1. The Morgan fingerprint density at radius 1 is 0.943 bits per heavy atom. The van der Waals surface area contributed by atoms with Crippen LogP contribution < -0.4 is 10.5 Å². The molecule has 3 aromatic carbocycles. The van der Waals surface area contributed by atoms with Crippen molar-refractivity contribution >= 4 is 11.6 Å². The van der Waals surface area contributed by atoms with E-state index in [1.54, 1.807) is 0 Å². The van der Waals surface area contributed by atoms with Crippen LogP contribution >= 0.6 is 11.6 Å². The maximum atomic E-state index is 8.84. The smallest absolute Gasteiger partial charge is 0.123 e. The number of benzene rings is 3. The van der Waals surface area contributed by atoms with Crippen LogP contribution in [-0.2, 0) is 18.6 Å². The van der Waals surface area contributed by atoms with E-state index in [9.17, 15) is 0 Å². The first-order valence-corrected chi connectivity index (χ1v) is 12.0. The molecule has 0 fully saturated rings. The third kappa shape index (κ3) is 10.5. The molecular weight excluding hydrogens is 456 g/mol. The first kappa shape index (κ1) is 28.4. The van der Waals surface area contributed by atoms with Crippen LogP contribution in [0.15, 0.2) is 72.8 Å². The number of hydrogen-bond acceptors (Lipinski definition) is 5. The van der Waals surface area contributed by atoms with Gasteiger partial charge in [-0.25, -0.2) is 0 Å². The van der Waals surface area contributed by atoms with E-state index in [1.807, 2.05) is 101 Å². The molecular formula is C29H37ClN4O. The number of halogens is 1. The van der Waals surface area contributed by atoms with Gasteiger partial charge in [0, 0.05) is 35.8 Å². The summed E-state index contributed by atoms with van der Waals surface area (Å²) in [6, 6.07) is 25.6. The monoisotopic (exact) mass is 492 g/mol. The Hall–Kier alpha value is -2.88. The van der Waals surface area contributed by atoms with Crippen LogP contribution in [0.25, 0.3) is 0 Å². The van der Waals surface area contributed by atoms with Gasteiger partial charge in [0.1, 0.15) is 12.4 Å². The third-order valence-electron chi connectivity index (χ3n) is 5.29. The van der Waals surface area contributed by atoms with E-state index in [4.69, 9.17) is 27.3 Å². The molecule has 3 rings (SSSR count). The average molecular weight is 493 g/mol. The van der Waals surface area contributed by atoms with E-state index < -0.39 is 0 Å². The van der Waals surface area contributed by atoms with E-state index in [0.29, 0.717) is 12.2 Å². The zero-order valence-corrected chi connectivity index (χ0v) is 22.2. The van der Waals surface area contributed by atoms with E-state index in [2.05, 4.69) is 22.9 Å². The fourth-order valence-corrected chi connectivity index (χ4v) is 3.60. The Labute approximate surface area is 215 Å². The van der Waals surface area contributed by atoms with Crippen molar-refractivity contribution in [1.82, 2.24) is 9.80 Å². The normalized spacial score (nSPS) is 11.1. The maximum absolute atomic E-state index is 8.84. The quantitative estimate of drug-likeness (QED) is 0.417. The second-order valence-electron chi connectivity index (χ2n) is 9.47. The topological polar surface area (TPSA) is 65.5 Å². The fraction of sp³-hybridized carbons (Fsp3) is 0.345. The lowest BCUT2D eigenvalue weighted by molar-refractivity contribution is 0.229. The number of nitrogens with two attached hydrogens (primary N) is 1. The molecule has 0 atom stereocenters. The fourth-order valence-electron chi connectivity index (χ4n) is 3.41. The molecule has 186 valence electrons. The summed E-state index contributed by atoms with van der Waals surface area (Å²) in [7, 11) is 6.11. The molecule has 5 nitrogen and oxygen atoms in total. The van der Waals surface area contributed by atoms with Crippen molar-refractivity contribution in [2.45, 2.75) is 32.5 Å². The summed E-state index contributed by atoms with van der Waals surface area (Å²) in [6.07, 6.45) is 0. The SMILES string of the molecule is CC(C)(N)c1ccccc1.CN(C)Cc1cc(Cl)ccc1OCCN(C)Cc1ccc(C#N)cc1. The van der Waals surface area contributed by atoms with Crippen LogP contribution in [0.2, 0.25) is 5.02 Å². The standard InChI is InChI=1S/C20H24ClN3O.C9H13N/c1-23(2)15-18-12-19(21)8-9-20(18)25-11-10-24(3)14-17-6-4-16(13-22)5-7-17;1-9(2,10)8-6-4-3-5-7-8/h4-9,12H,10-11,14-15H2,1-3H3;3-7H,10H2,1-2H3. The molecule has 0 unspecified atom stereocenters. The van der Waals surface area contributed by atoms with Gasteiger partial charge < -0.3 is 15.4 Å². The van der Waals surface area contributed by atoms with Crippen LogP contribution in [0.3, 0.4) is 0 Å². The van der Waals surface area contributed by atoms with Gasteiger partial charge in [-0.3, -0.25) is 4.90 Å². The molecule has 0 saturated carbocycles. The van der Waals surface area contributed by atoms with Gasteiger partial charge in [0.25, 0.3) is 0 Å². The average Bonchev–Trinajstić information content (AvgIpc) is 2.81. The summed E-state index contributed by atoms with van der Waals surface area (Å²) in [5.74, 6) is 0.880. The Bertz CT molecular complexity index is 1070. The van der Waals surface area contributed by atoms with Crippen LogP contribution in [-0.4, -0.2) is 44.1 Å². The van der Waals surface area contributed by atoms with Gasteiger partial charge >= 0.3 is 0 Å². The Morgan fingerprint density at radius 3 is 2.14 bits per heavy atom. The van der Waals surface area contributed by atoms with Gasteiger partial charge in [-0.05, 0) is 76.4 Å². The molecule has 35 heavy (non-hydrogen) atoms. The lowest BCUT2D eigenvalue weighted by atomic mass is 9.96. The summed E-state index contributed by atoms with van der Waals surface area (Å²) < 4.78 is 5.97. The van der Waals surface area contributed by atoms with Gasteiger partial charge in [-0.1, -0.05) is 54.1 Å². The molecule has 0 aliphatic carbocycles. The van der Waals surface area contributed by atoms with Crippen molar-refractivity contribution in [3.05, 3.63) is 100 Å². The van der Waals surface area contributed by atoms with E-state index in [0.717, 1.165) is 36.0 Å². The zero-order valence-electron chi connectivity index (χ0n) is 21.5. The lowest BCUT2D eigenvalue weighted by Gasteiger charge is -2.19. The van der Waals surface area contributed by atoms with Crippen molar-refractivity contribution < 1.29 is 4.74 Å². The summed E-state index contributed by atoms with van der Waals surface area (Å²) in [6.45, 7) is 7.03. The van der Waals surface area contributed by atoms with Crippen molar-refractivity contribution in [2.75, 3.05) is 34.3 Å². The highest BCUT2D eigenvalue weighted by Crippen LogP contribution is 2.24. The molecule has 0 saturated heterocycles. The highest BCUT2D eigenvalue weighted by molar-refractivity contribution is 6.30. The second-order valence-corrected chi connectivity index (χ2v) is 9.91. The van der Waals surface area contributed by atoms with Gasteiger partial charge in [0.2, 0.25) is 0 Å². The predicted molar refractivity (Wildman–Crippen MR) is 145 cm³/mol. The minimum Gasteiger partial charge on any atom is -0.492 e. The number of rotatable bonds is 9. The van der Waals surface area contributed by atoms with Crippen LogP contribution in [0, 0.1) is 11.3 Å². The van der Waals surface area contributed by atoms with Crippen molar-refractivity contribution in [3.8, 4) is 11.8 Å². The Morgan fingerprint density at radius 2 is 1.60 bits per heavy atom. The van der Waals surface area contributed by atoms with Crippen LogP contribution in [0.4, 0.5) is 0 Å². The number of likely N-dealkylation sites (N-methyl/N-ethyl adjacent to an activating group) is 1. The van der Waals surface area contributed by atoms with Crippen molar-refractivity contribution in [2.24, 2.45) is 5.73 Å². The Kier molecular flexibility index (Phi) is 11.2. The number of nitrogens with zero attached hydrogens (tertiary/aromatic N) is 3. The summed E-state index contributed by atoms with van der Waals surface area (Å²) in [4.78, 5) is 4.29. The molecule has 0 heterocycles. The largest absolute Gasteiger partial charge is 0.492 e. The van der Waals surface area contributed by atoms with Crippen molar-refractivity contribution in [3.63, 3.8) is 0 Å². The molecule has 0 aliphatic rings. The lowest BCUT2D eigenvalue weighted by Crippen LogP contribution is -2.28.